The summed E-state index contributed by atoms with van der Waals surface area (Å²) < 4.78 is 5.87. The number of methoxy groups -OCH3 is 1. The molecule has 0 unspecified atom stereocenters. The summed E-state index contributed by atoms with van der Waals surface area (Å²) in [4.78, 5) is 22.8. The van der Waals surface area contributed by atoms with E-state index in [1.54, 1.807) is 32.2 Å². The molecule has 0 aliphatic carbocycles. The van der Waals surface area contributed by atoms with E-state index in [9.17, 15) is 9.59 Å². The van der Waals surface area contributed by atoms with Crippen molar-refractivity contribution in [2.75, 3.05) is 7.11 Å². The van der Waals surface area contributed by atoms with Gasteiger partial charge in [0.1, 0.15) is 5.69 Å². The Morgan fingerprint density at radius 3 is 2.57 bits per heavy atom. The molecule has 0 amide bonds. The molecule has 1 heterocycles. The van der Waals surface area contributed by atoms with E-state index < -0.39 is 5.97 Å². The molecule has 0 spiro atoms. The molecule has 0 N–H and O–H groups in total. The second kappa shape index (κ2) is 4.09. The van der Waals surface area contributed by atoms with Crippen LogP contribution in [-0.4, -0.2) is 23.6 Å². The van der Waals surface area contributed by atoms with Gasteiger partial charge in [-0.1, -0.05) is 13.8 Å². The number of carbonyl (C=O) groups excluding carboxylic acids is 2. The first kappa shape index (κ1) is 10.5. The smallest absolute Gasteiger partial charge is 0.355 e. The summed E-state index contributed by atoms with van der Waals surface area (Å²) in [6, 6.07) is 3.21. The SMILES string of the molecule is COC(=O)c1cccn1C(=O)C(C)C. The summed E-state index contributed by atoms with van der Waals surface area (Å²) in [6.07, 6.45) is 1.56. The van der Waals surface area contributed by atoms with Gasteiger partial charge in [0, 0.05) is 12.1 Å². The molecule has 1 aromatic rings. The van der Waals surface area contributed by atoms with Crippen LogP contribution >= 0.6 is 0 Å². The average molecular weight is 195 g/mol. The van der Waals surface area contributed by atoms with Crippen LogP contribution in [0.15, 0.2) is 18.3 Å². The zero-order valence-electron chi connectivity index (χ0n) is 8.48. The van der Waals surface area contributed by atoms with Crippen LogP contribution in [0.5, 0.6) is 0 Å². The van der Waals surface area contributed by atoms with Gasteiger partial charge in [0.15, 0.2) is 0 Å². The molecule has 0 fully saturated rings. The van der Waals surface area contributed by atoms with Crippen molar-refractivity contribution >= 4 is 11.9 Å². The largest absolute Gasteiger partial charge is 0.464 e. The third kappa shape index (κ3) is 1.84. The van der Waals surface area contributed by atoms with Gasteiger partial charge in [-0.2, -0.15) is 0 Å². The van der Waals surface area contributed by atoms with Gasteiger partial charge < -0.3 is 4.74 Å². The zero-order valence-corrected chi connectivity index (χ0v) is 8.48. The van der Waals surface area contributed by atoms with Crippen LogP contribution in [0.3, 0.4) is 0 Å². The van der Waals surface area contributed by atoms with Crippen LogP contribution in [0.2, 0.25) is 0 Å². The maximum atomic E-state index is 11.6. The predicted molar refractivity (Wildman–Crippen MR) is 51.2 cm³/mol. The molecule has 0 radical (unpaired) electrons. The highest BCUT2D eigenvalue weighted by Crippen LogP contribution is 2.07. The van der Waals surface area contributed by atoms with E-state index in [-0.39, 0.29) is 17.5 Å². The average Bonchev–Trinajstić information content (AvgIpc) is 2.63. The van der Waals surface area contributed by atoms with Crippen LogP contribution in [-0.2, 0) is 4.74 Å². The van der Waals surface area contributed by atoms with Gasteiger partial charge in [-0.15, -0.1) is 0 Å². The van der Waals surface area contributed by atoms with E-state index in [4.69, 9.17) is 0 Å². The number of carbonyl (C=O) groups is 2. The van der Waals surface area contributed by atoms with Crippen LogP contribution in [0.1, 0.15) is 29.1 Å². The van der Waals surface area contributed by atoms with Crippen molar-refractivity contribution in [3.05, 3.63) is 24.0 Å². The Morgan fingerprint density at radius 1 is 1.43 bits per heavy atom. The number of ether oxygens (including phenoxy) is 1. The third-order valence-corrected chi connectivity index (χ3v) is 1.87. The first-order valence-electron chi connectivity index (χ1n) is 4.37. The second-order valence-corrected chi connectivity index (χ2v) is 3.25. The fraction of sp³-hybridized carbons (Fsp3) is 0.400. The number of esters is 1. The highest BCUT2D eigenvalue weighted by Gasteiger charge is 2.17. The van der Waals surface area contributed by atoms with Crippen molar-refractivity contribution in [2.45, 2.75) is 13.8 Å². The van der Waals surface area contributed by atoms with Gasteiger partial charge in [0.25, 0.3) is 0 Å². The Hall–Kier alpha value is -1.58. The Morgan fingerprint density at radius 2 is 2.07 bits per heavy atom. The molecule has 0 bridgehead atoms. The van der Waals surface area contributed by atoms with Crippen molar-refractivity contribution in [3.8, 4) is 0 Å². The second-order valence-electron chi connectivity index (χ2n) is 3.25. The van der Waals surface area contributed by atoms with E-state index >= 15 is 0 Å². The van der Waals surface area contributed by atoms with Gasteiger partial charge in [-0.25, -0.2) is 4.79 Å². The van der Waals surface area contributed by atoms with Gasteiger partial charge in [0.05, 0.1) is 7.11 Å². The summed E-state index contributed by atoms with van der Waals surface area (Å²) in [7, 11) is 1.29. The maximum absolute atomic E-state index is 11.6. The standard InChI is InChI=1S/C10H13NO3/c1-7(2)9(12)11-6-4-5-8(11)10(13)14-3/h4-7H,1-3H3. The van der Waals surface area contributed by atoms with Crippen molar-refractivity contribution in [2.24, 2.45) is 5.92 Å². The molecule has 0 aromatic carbocycles. The van der Waals surface area contributed by atoms with E-state index in [2.05, 4.69) is 4.74 Å². The molecule has 0 aliphatic rings. The molecule has 0 atom stereocenters. The molecular weight excluding hydrogens is 182 g/mol. The third-order valence-electron chi connectivity index (χ3n) is 1.87. The van der Waals surface area contributed by atoms with E-state index in [0.717, 1.165) is 0 Å². The lowest BCUT2D eigenvalue weighted by molar-refractivity contribution is 0.0578. The molecule has 0 saturated carbocycles. The quantitative estimate of drug-likeness (QED) is 0.673. The Kier molecular flexibility index (Phi) is 3.06. The monoisotopic (exact) mass is 195 g/mol. The molecule has 0 saturated heterocycles. The summed E-state index contributed by atoms with van der Waals surface area (Å²) in [5, 5.41) is 0. The lowest BCUT2D eigenvalue weighted by atomic mass is 10.2. The summed E-state index contributed by atoms with van der Waals surface area (Å²) >= 11 is 0. The molecular formula is C10H13NO3. The molecule has 4 nitrogen and oxygen atoms in total. The lowest BCUT2D eigenvalue weighted by Crippen LogP contribution is -2.21. The van der Waals surface area contributed by atoms with Crippen LogP contribution in [0.4, 0.5) is 0 Å². The minimum absolute atomic E-state index is 0.115. The number of hydrogen-bond donors (Lipinski definition) is 0. The summed E-state index contributed by atoms with van der Waals surface area (Å²) in [6.45, 7) is 3.56. The van der Waals surface area contributed by atoms with Crippen molar-refractivity contribution < 1.29 is 14.3 Å². The van der Waals surface area contributed by atoms with Gasteiger partial charge >= 0.3 is 5.97 Å². The van der Waals surface area contributed by atoms with Crippen LogP contribution < -0.4 is 0 Å². The summed E-state index contributed by atoms with van der Waals surface area (Å²) in [5.74, 6) is -0.759. The van der Waals surface area contributed by atoms with Gasteiger partial charge in [0.2, 0.25) is 5.91 Å². The first-order valence-corrected chi connectivity index (χ1v) is 4.37. The lowest BCUT2D eigenvalue weighted by Gasteiger charge is -2.08. The zero-order chi connectivity index (χ0) is 10.7. The predicted octanol–water partition coefficient (Wildman–Crippen LogP) is 1.57. The van der Waals surface area contributed by atoms with E-state index in [1.807, 2.05) is 0 Å². The number of nitrogens with zero attached hydrogens (tertiary/aromatic N) is 1. The number of aromatic nitrogens is 1. The Labute approximate surface area is 82.5 Å². The topological polar surface area (TPSA) is 48.3 Å². The van der Waals surface area contributed by atoms with Gasteiger partial charge in [-0.05, 0) is 12.1 Å². The van der Waals surface area contributed by atoms with Crippen molar-refractivity contribution in [1.82, 2.24) is 4.57 Å². The maximum Gasteiger partial charge on any atom is 0.355 e. The molecule has 14 heavy (non-hydrogen) atoms. The van der Waals surface area contributed by atoms with Crippen LogP contribution in [0, 0.1) is 5.92 Å². The van der Waals surface area contributed by atoms with E-state index in [1.165, 1.54) is 11.7 Å². The molecule has 1 rings (SSSR count). The Bertz CT molecular complexity index is 352. The van der Waals surface area contributed by atoms with Crippen LogP contribution in [0.25, 0.3) is 0 Å². The fourth-order valence-corrected chi connectivity index (χ4v) is 1.12. The molecule has 1 aromatic heterocycles. The summed E-state index contributed by atoms with van der Waals surface area (Å²) in [5.41, 5.74) is 0.270. The molecule has 0 aliphatic heterocycles. The first-order chi connectivity index (χ1) is 6.57. The highest BCUT2D eigenvalue weighted by atomic mass is 16.5. The normalized spacial score (nSPS) is 10.3. The van der Waals surface area contributed by atoms with Crippen molar-refractivity contribution in [1.29, 1.82) is 0 Å². The number of hydrogen-bond acceptors (Lipinski definition) is 3. The molecule has 76 valence electrons. The van der Waals surface area contributed by atoms with Gasteiger partial charge in [-0.3, -0.25) is 9.36 Å². The fourth-order valence-electron chi connectivity index (χ4n) is 1.12. The minimum atomic E-state index is -0.496. The minimum Gasteiger partial charge on any atom is -0.464 e. The number of rotatable bonds is 2. The molecule has 4 heteroatoms. The Balaban J connectivity index is 3.04. The van der Waals surface area contributed by atoms with E-state index in [0.29, 0.717) is 0 Å². The highest BCUT2D eigenvalue weighted by molar-refractivity contribution is 5.94. The van der Waals surface area contributed by atoms with Crippen molar-refractivity contribution in [3.63, 3.8) is 0 Å².